The Morgan fingerprint density at radius 3 is 3.00 bits per heavy atom. The lowest BCUT2D eigenvalue weighted by Gasteiger charge is -2.31. The van der Waals surface area contributed by atoms with E-state index in [4.69, 9.17) is 9.98 Å². The van der Waals surface area contributed by atoms with Crippen molar-refractivity contribution in [3.8, 4) is 0 Å². The van der Waals surface area contributed by atoms with Crippen molar-refractivity contribution in [2.75, 3.05) is 12.3 Å². The van der Waals surface area contributed by atoms with E-state index in [2.05, 4.69) is 46.0 Å². The van der Waals surface area contributed by atoms with Crippen LogP contribution in [0.4, 0.5) is 0 Å². The predicted molar refractivity (Wildman–Crippen MR) is 113 cm³/mol. The molecular weight excluding hydrogens is 360 g/mol. The van der Waals surface area contributed by atoms with Gasteiger partial charge in [-0.3, -0.25) is 9.98 Å². The first-order chi connectivity index (χ1) is 12.9. The number of rotatable bonds is 4. The van der Waals surface area contributed by atoms with Gasteiger partial charge in [0.2, 0.25) is 0 Å². The third-order valence-electron chi connectivity index (χ3n) is 5.58. The van der Waals surface area contributed by atoms with Crippen molar-refractivity contribution >= 4 is 33.9 Å². The van der Waals surface area contributed by atoms with Gasteiger partial charge in [-0.1, -0.05) is 66.7 Å². The molecule has 1 aromatic rings. The Hall–Kier alpha value is -1.40. The summed E-state index contributed by atoms with van der Waals surface area (Å²) in [5.74, 6) is 0.985. The lowest BCUT2D eigenvalue weighted by molar-refractivity contribution is 0.285. The van der Waals surface area contributed by atoms with Crippen LogP contribution < -0.4 is 5.32 Å². The molecule has 3 atom stereocenters. The largest absolute Gasteiger partial charge is 0.360 e. The van der Waals surface area contributed by atoms with Gasteiger partial charge in [0.1, 0.15) is 0 Å². The Balaban J connectivity index is 1.15. The summed E-state index contributed by atoms with van der Waals surface area (Å²) in [6, 6.07) is 12.3. The number of nitrogens with zero attached hydrogens (tertiary/aromatic N) is 3. The monoisotopic (exact) mass is 384 g/mol. The molecule has 0 radical (unpaired) electrons. The molecule has 1 N–H and O–H groups in total. The summed E-state index contributed by atoms with van der Waals surface area (Å²) in [4.78, 5) is 12.2. The minimum absolute atomic E-state index is 0.429. The highest BCUT2D eigenvalue weighted by molar-refractivity contribution is 8.17. The fraction of sp³-hybridized carbons (Fsp3) is 0.500. The van der Waals surface area contributed by atoms with Crippen LogP contribution in [-0.4, -0.2) is 45.7 Å². The van der Waals surface area contributed by atoms with E-state index < -0.39 is 0 Å². The first kappa shape index (κ1) is 16.8. The zero-order chi connectivity index (χ0) is 17.3. The van der Waals surface area contributed by atoms with Crippen LogP contribution >= 0.6 is 23.5 Å². The quantitative estimate of drug-likeness (QED) is 0.856. The smallest absolute Gasteiger partial charge is 0.168 e. The van der Waals surface area contributed by atoms with Crippen LogP contribution in [0.5, 0.6) is 0 Å². The highest BCUT2D eigenvalue weighted by atomic mass is 32.2. The molecule has 26 heavy (non-hydrogen) atoms. The first-order valence-electron chi connectivity index (χ1n) is 9.57. The molecule has 4 aliphatic rings. The normalized spacial score (nSPS) is 29.6. The molecule has 6 heteroatoms. The van der Waals surface area contributed by atoms with E-state index in [1.807, 2.05) is 23.5 Å². The Morgan fingerprint density at radius 1 is 1.19 bits per heavy atom. The van der Waals surface area contributed by atoms with E-state index in [9.17, 15) is 0 Å². The number of fused-ring (bicyclic) bond motifs is 3. The van der Waals surface area contributed by atoms with Gasteiger partial charge in [-0.05, 0) is 30.2 Å². The lowest BCUT2D eigenvalue weighted by Crippen LogP contribution is -2.39. The summed E-state index contributed by atoms with van der Waals surface area (Å²) in [6.07, 6.45) is 6.29. The molecule has 0 saturated heterocycles. The average Bonchev–Trinajstić information content (AvgIpc) is 3.36. The number of benzene rings is 1. The maximum absolute atomic E-state index is 4.96. The van der Waals surface area contributed by atoms with E-state index >= 15 is 0 Å². The van der Waals surface area contributed by atoms with E-state index in [1.165, 1.54) is 42.1 Å². The molecule has 0 aromatic heterocycles. The fourth-order valence-corrected chi connectivity index (χ4v) is 6.33. The molecule has 3 aliphatic heterocycles. The molecule has 1 fully saturated rings. The van der Waals surface area contributed by atoms with E-state index in [0.717, 1.165) is 23.9 Å². The summed E-state index contributed by atoms with van der Waals surface area (Å²) in [5.41, 5.74) is 2.80. The number of hydrogen-bond acceptors (Lipinski definition) is 6. The molecule has 0 spiro atoms. The number of aliphatic imine (C=N–C) groups is 2. The van der Waals surface area contributed by atoms with Crippen molar-refractivity contribution in [2.24, 2.45) is 9.98 Å². The minimum Gasteiger partial charge on any atom is -0.360 e. The molecule has 2 unspecified atom stereocenters. The van der Waals surface area contributed by atoms with Crippen LogP contribution in [0.15, 0.2) is 51.4 Å². The molecule has 4 nitrogen and oxygen atoms in total. The molecule has 1 aliphatic carbocycles. The molecule has 5 rings (SSSR count). The van der Waals surface area contributed by atoms with Gasteiger partial charge >= 0.3 is 0 Å². The molecular formula is C20H24N4S2. The second-order valence-corrected chi connectivity index (χ2v) is 9.19. The van der Waals surface area contributed by atoms with Gasteiger partial charge in [0, 0.05) is 11.4 Å². The van der Waals surface area contributed by atoms with Crippen LogP contribution in [0.2, 0.25) is 0 Å². The Kier molecular flexibility index (Phi) is 4.71. The third-order valence-corrected chi connectivity index (χ3v) is 7.45. The van der Waals surface area contributed by atoms with Crippen molar-refractivity contribution in [2.45, 2.75) is 50.2 Å². The topological polar surface area (TPSA) is 40.0 Å². The maximum Gasteiger partial charge on any atom is 0.168 e. The van der Waals surface area contributed by atoms with Gasteiger partial charge in [0.05, 0.1) is 24.7 Å². The van der Waals surface area contributed by atoms with Gasteiger partial charge < -0.3 is 10.2 Å². The second-order valence-electron chi connectivity index (χ2n) is 7.39. The van der Waals surface area contributed by atoms with Gasteiger partial charge in [0.25, 0.3) is 0 Å². The predicted octanol–water partition coefficient (Wildman–Crippen LogP) is 3.86. The zero-order valence-electron chi connectivity index (χ0n) is 14.8. The van der Waals surface area contributed by atoms with Crippen LogP contribution in [0, 0.1) is 0 Å². The number of hydrogen-bond donors (Lipinski definition) is 1. The SMILES string of the molecule is C1=C(CSC2=NCC(Cc3ccccc3)N2)N2C(=N[C@H]3CCCCC32)S1. The number of thioether (sulfide) groups is 2. The van der Waals surface area contributed by atoms with Crippen molar-refractivity contribution in [1.29, 1.82) is 0 Å². The maximum atomic E-state index is 4.96. The summed E-state index contributed by atoms with van der Waals surface area (Å²) in [5, 5.41) is 8.24. The van der Waals surface area contributed by atoms with Crippen LogP contribution in [0.1, 0.15) is 31.2 Å². The van der Waals surface area contributed by atoms with Gasteiger partial charge in [-0.15, -0.1) is 0 Å². The van der Waals surface area contributed by atoms with Crippen LogP contribution in [0.3, 0.4) is 0 Å². The molecule has 136 valence electrons. The first-order valence-corrected chi connectivity index (χ1v) is 11.4. The number of amidine groups is 2. The minimum atomic E-state index is 0.429. The van der Waals surface area contributed by atoms with Crippen molar-refractivity contribution < 1.29 is 0 Å². The zero-order valence-corrected chi connectivity index (χ0v) is 16.4. The fourth-order valence-electron chi connectivity index (χ4n) is 4.30. The summed E-state index contributed by atoms with van der Waals surface area (Å²) < 4.78 is 0. The summed E-state index contributed by atoms with van der Waals surface area (Å²) >= 11 is 3.66. The Labute approximate surface area is 163 Å². The third kappa shape index (κ3) is 3.29. The molecule has 1 saturated carbocycles. The summed E-state index contributed by atoms with van der Waals surface area (Å²) in [6.45, 7) is 0.881. The van der Waals surface area contributed by atoms with Crippen molar-refractivity contribution in [3.05, 3.63) is 47.0 Å². The summed E-state index contributed by atoms with van der Waals surface area (Å²) in [7, 11) is 0. The van der Waals surface area contributed by atoms with Crippen LogP contribution in [-0.2, 0) is 6.42 Å². The molecule has 0 amide bonds. The van der Waals surface area contributed by atoms with Gasteiger partial charge in [0.15, 0.2) is 10.3 Å². The van der Waals surface area contributed by atoms with E-state index in [0.29, 0.717) is 18.1 Å². The molecule has 1 aromatic carbocycles. The van der Waals surface area contributed by atoms with Gasteiger partial charge in [-0.2, -0.15) is 0 Å². The lowest BCUT2D eigenvalue weighted by atomic mass is 9.91. The second kappa shape index (κ2) is 7.31. The molecule has 3 heterocycles. The highest BCUT2D eigenvalue weighted by Crippen LogP contribution is 2.41. The van der Waals surface area contributed by atoms with Crippen LogP contribution in [0.25, 0.3) is 0 Å². The Morgan fingerprint density at radius 2 is 2.08 bits per heavy atom. The van der Waals surface area contributed by atoms with Crippen molar-refractivity contribution in [1.82, 2.24) is 10.2 Å². The average molecular weight is 385 g/mol. The molecule has 0 bridgehead atoms. The van der Waals surface area contributed by atoms with Crippen molar-refractivity contribution in [3.63, 3.8) is 0 Å². The van der Waals surface area contributed by atoms with E-state index in [-0.39, 0.29) is 0 Å². The Bertz CT molecular complexity index is 758. The van der Waals surface area contributed by atoms with E-state index in [1.54, 1.807) is 0 Å². The standard InChI is InChI=1S/C20H24N4S2/c1-2-6-14(7-3-1)10-15-11-21-19(22-15)25-12-16-13-26-20-23-17-8-4-5-9-18(17)24(16)20/h1-3,6-7,13,15,17-18H,4-5,8-12H2,(H,21,22)/t15?,17-,18?/m0/s1. The van der Waals surface area contributed by atoms with Gasteiger partial charge in [-0.25, -0.2) is 0 Å². The number of nitrogens with one attached hydrogen (secondary N) is 1. The highest BCUT2D eigenvalue weighted by Gasteiger charge is 2.41.